The van der Waals surface area contributed by atoms with Crippen LogP contribution < -0.4 is 5.32 Å². The standard InChI is InChI=1S/C14H17ClN2O4/c15-11-1-3-12(4-2-11)16-13(18)9-21-10-14(19)17-5-7-20-8-6-17/h1-4H,5-10H2,(H,16,18). The molecule has 2 amide bonds. The second kappa shape index (κ2) is 7.97. The average molecular weight is 313 g/mol. The van der Waals surface area contributed by atoms with Crippen LogP contribution in [0.5, 0.6) is 0 Å². The first kappa shape index (κ1) is 15.8. The van der Waals surface area contributed by atoms with Gasteiger partial charge in [-0.3, -0.25) is 9.59 Å². The molecular weight excluding hydrogens is 296 g/mol. The minimum absolute atomic E-state index is 0.103. The van der Waals surface area contributed by atoms with Crippen LogP contribution in [0.25, 0.3) is 0 Å². The second-order valence-corrected chi connectivity index (χ2v) is 4.98. The van der Waals surface area contributed by atoms with Gasteiger partial charge in [-0.2, -0.15) is 0 Å². The molecule has 0 unspecified atom stereocenters. The number of amides is 2. The van der Waals surface area contributed by atoms with Crippen LogP contribution in [0.2, 0.25) is 5.02 Å². The van der Waals surface area contributed by atoms with E-state index in [-0.39, 0.29) is 25.0 Å². The van der Waals surface area contributed by atoms with Crippen LogP contribution in [-0.4, -0.2) is 56.2 Å². The number of nitrogens with one attached hydrogen (secondary N) is 1. The van der Waals surface area contributed by atoms with E-state index in [0.29, 0.717) is 37.0 Å². The highest BCUT2D eigenvalue weighted by Crippen LogP contribution is 2.13. The van der Waals surface area contributed by atoms with Crippen molar-refractivity contribution in [3.05, 3.63) is 29.3 Å². The Hall–Kier alpha value is -1.63. The monoisotopic (exact) mass is 312 g/mol. The summed E-state index contributed by atoms with van der Waals surface area (Å²) in [6.07, 6.45) is 0. The maximum Gasteiger partial charge on any atom is 0.250 e. The van der Waals surface area contributed by atoms with Gasteiger partial charge < -0.3 is 19.7 Å². The molecule has 0 radical (unpaired) electrons. The number of carbonyl (C=O) groups excluding carboxylic acids is 2. The topological polar surface area (TPSA) is 67.9 Å². The molecule has 1 N–H and O–H groups in total. The summed E-state index contributed by atoms with van der Waals surface area (Å²) < 4.78 is 10.3. The van der Waals surface area contributed by atoms with Crippen LogP contribution >= 0.6 is 11.6 Å². The van der Waals surface area contributed by atoms with E-state index in [1.54, 1.807) is 29.2 Å². The van der Waals surface area contributed by atoms with E-state index in [1.807, 2.05) is 0 Å². The molecule has 1 saturated heterocycles. The second-order valence-electron chi connectivity index (χ2n) is 4.54. The fourth-order valence-corrected chi connectivity index (χ4v) is 1.99. The van der Waals surface area contributed by atoms with Crippen LogP contribution in [0, 0.1) is 0 Å². The fourth-order valence-electron chi connectivity index (χ4n) is 1.87. The van der Waals surface area contributed by atoms with Crippen molar-refractivity contribution >= 4 is 29.1 Å². The third kappa shape index (κ3) is 5.34. The number of halogens is 1. The van der Waals surface area contributed by atoms with E-state index < -0.39 is 0 Å². The molecule has 0 aromatic heterocycles. The molecule has 1 aromatic rings. The maximum absolute atomic E-state index is 11.8. The predicted octanol–water partition coefficient (Wildman–Crippen LogP) is 1.15. The summed E-state index contributed by atoms with van der Waals surface area (Å²) in [4.78, 5) is 25.1. The normalized spacial score (nSPS) is 14.8. The maximum atomic E-state index is 11.8. The molecule has 0 spiro atoms. The number of hydrogen-bond donors (Lipinski definition) is 1. The first-order valence-electron chi connectivity index (χ1n) is 6.64. The summed E-state index contributed by atoms with van der Waals surface area (Å²) in [5, 5.41) is 3.25. The van der Waals surface area contributed by atoms with E-state index in [1.165, 1.54) is 0 Å². The van der Waals surface area contributed by atoms with Gasteiger partial charge in [-0.15, -0.1) is 0 Å². The Labute approximate surface area is 128 Å². The highest BCUT2D eigenvalue weighted by molar-refractivity contribution is 6.30. The number of rotatable bonds is 5. The van der Waals surface area contributed by atoms with Gasteiger partial charge in [-0.05, 0) is 24.3 Å². The molecule has 1 aliphatic rings. The number of carbonyl (C=O) groups is 2. The van der Waals surface area contributed by atoms with Gasteiger partial charge in [0, 0.05) is 23.8 Å². The average Bonchev–Trinajstić information content (AvgIpc) is 2.50. The van der Waals surface area contributed by atoms with E-state index in [2.05, 4.69) is 5.32 Å². The van der Waals surface area contributed by atoms with Gasteiger partial charge in [-0.1, -0.05) is 11.6 Å². The Morgan fingerprint density at radius 2 is 1.86 bits per heavy atom. The highest BCUT2D eigenvalue weighted by atomic mass is 35.5. The Morgan fingerprint density at radius 3 is 2.52 bits per heavy atom. The zero-order valence-corrected chi connectivity index (χ0v) is 12.3. The molecule has 1 heterocycles. The van der Waals surface area contributed by atoms with Crippen LogP contribution in [0.4, 0.5) is 5.69 Å². The minimum Gasteiger partial charge on any atom is -0.378 e. The quantitative estimate of drug-likeness (QED) is 0.886. The number of hydrogen-bond acceptors (Lipinski definition) is 4. The lowest BCUT2D eigenvalue weighted by Crippen LogP contribution is -2.42. The molecule has 7 heteroatoms. The number of ether oxygens (including phenoxy) is 2. The van der Waals surface area contributed by atoms with Crippen molar-refractivity contribution in [3.63, 3.8) is 0 Å². The Balaban J connectivity index is 1.66. The molecule has 2 rings (SSSR count). The third-order valence-electron chi connectivity index (χ3n) is 2.95. The molecular formula is C14H17ClN2O4. The van der Waals surface area contributed by atoms with E-state index in [0.717, 1.165) is 0 Å². The van der Waals surface area contributed by atoms with Gasteiger partial charge >= 0.3 is 0 Å². The van der Waals surface area contributed by atoms with E-state index in [4.69, 9.17) is 21.1 Å². The van der Waals surface area contributed by atoms with Gasteiger partial charge in [0.15, 0.2) is 0 Å². The molecule has 0 saturated carbocycles. The van der Waals surface area contributed by atoms with Gasteiger partial charge in [0.1, 0.15) is 13.2 Å². The Bertz CT molecular complexity index is 486. The van der Waals surface area contributed by atoms with E-state index in [9.17, 15) is 9.59 Å². The molecule has 21 heavy (non-hydrogen) atoms. The first-order chi connectivity index (χ1) is 10.1. The molecule has 114 valence electrons. The van der Waals surface area contributed by atoms with Crippen LogP contribution in [0.15, 0.2) is 24.3 Å². The number of benzene rings is 1. The van der Waals surface area contributed by atoms with Crippen molar-refractivity contribution in [2.75, 3.05) is 44.8 Å². The van der Waals surface area contributed by atoms with Gasteiger partial charge in [-0.25, -0.2) is 0 Å². The Morgan fingerprint density at radius 1 is 1.19 bits per heavy atom. The van der Waals surface area contributed by atoms with Crippen molar-refractivity contribution in [1.29, 1.82) is 0 Å². The molecule has 1 fully saturated rings. The zero-order chi connectivity index (χ0) is 15.1. The summed E-state index contributed by atoms with van der Waals surface area (Å²) in [5.41, 5.74) is 0.632. The van der Waals surface area contributed by atoms with Gasteiger partial charge in [0.25, 0.3) is 0 Å². The van der Waals surface area contributed by atoms with Gasteiger partial charge in [0.2, 0.25) is 11.8 Å². The molecule has 0 bridgehead atoms. The summed E-state index contributed by atoms with van der Waals surface area (Å²) in [7, 11) is 0. The summed E-state index contributed by atoms with van der Waals surface area (Å²) in [6, 6.07) is 6.75. The lowest BCUT2D eigenvalue weighted by Gasteiger charge is -2.26. The molecule has 1 aromatic carbocycles. The number of anilines is 1. The zero-order valence-electron chi connectivity index (χ0n) is 11.5. The lowest BCUT2D eigenvalue weighted by atomic mass is 10.3. The SMILES string of the molecule is O=C(COCC(=O)N1CCOCC1)Nc1ccc(Cl)cc1. The van der Waals surface area contributed by atoms with Crippen LogP contribution in [-0.2, 0) is 19.1 Å². The predicted molar refractivity (Wildman–Crippen MR) is 78.3 cm³/mol. The largest absolute Gasteiger partial charge is 0.378 e. The summed E-state index contributed by atoms with van der Waals surface area (Å²) >= 11 is 5.75. The minimum atomic E-state index is -0.313. The van der Waals surface area contributed by atoms with Crippen molar-refractivity contribution in [2.24, 2.45) is 0 Å². The smallest absolute Gasteiger partial charge is 0.250 e. The number of morpholine rings is 1. The molecule has 0 atom stereocenters. The molecule has 1 aliphatic heterocycles. The van der Waals surface area contributed by atoms with Crippen molar-refractivity contribution in [3.8, 4) is 0 Å². The van der Waals surface area contributed by atoms with Gasteiger partial charge in [0.05, 0.1) is 13.2 Å². The molecule has 0 aliphatic carbocycles. The van der Waals surface area contributed by atoms with Crippen molar-refractivity contribution < 1.29 is 19.1 Å². The fraction of sp³-hybridized carbons (Fsp3) is 0.429. The van der Waals surface area contributed by atoms with E-state index >= 15 is 0 Å². The number of nitrogens with zero attached hydrogens (tertiary/aromatic N) is 1. The first-order valence-corrected chi connectivity index (χ1v) is 7.01. The van der Waals surface area contributed by atoms with Crippen molar-refractivity contribution in [1.82, 2.24) is 4.90 Å². The summed E-state index contributed by atoms with van der Waals surface area (Å²) in [5.74, 6) is -0.440. The summed E-state index contributed by atoms with van der Waals surface area (Å²) in [6.45, 7) is 1.96. The molecule has 6 nitrogen and oxygen atoms in total. The van der Waals surface area contributed by atoms with Crippen LogP contribution in [0.3, 0.4) is 0 Å². The lowest BCUT2D eigenvalue weighted by molar-refractivity contribution is -0.141. The third-order valence-corrected chi connectivity index (χ3v) is 3.20. The Kier molecular flexibility index (Phi) is 5.98. The highest BCUT2D eigenvalue weighted by Gasteiger charge is 2.17. The van der Waals surface area contributed by atoms with Crippen molar-refractivity contribution in [2.45, 2.75) is 0 Å². The van der Waals surface area contributed by atoms with Crippen LogP contribution in [0.1, 0.15) is 0 Å².